The fourth-order valence-corrected chi connectivity index (χ4v) is 5.14. The SMILES string of the molecule is CCCCNC(=O)C(Cc1ccccc1)N(Cc1cccc(C)c1)C(=O)CN(c1ccc(F)cc1)S(C)(=O)=O. The Hall–Kier alpha value is -3.72. The van der Waals surface area contributed by atoms with Crippen LogP contribution < -0.4 is 9.62 Å². The average molecular weight is 554 g/mol. The van der Waals surface area contributed by atoms with Gasteiger partial charge in [-0.2, -0.15) is 0 Å². The van der Waals surface area contributed by atoms with Crippen molar-refractivity contribution in [1.29, 1.82) is 0 Å². The molecule has 0 aliphatic rings. The fraction of sp³-hybridized carbons (Fsp3) is 0.333. The number of nitrogens with one attached hydrogen (secondary N) is 1. The molecule has 0 aromatic heterocycles. The molecule has 1 unspecified atom stereocenters. The van der Waals surface area contributed by atoms with Crippen LogP contribution in [0.4, 0.5) is 10.1 Å². The number of aryl methyl sites for hydroxylation is 1. The van der Waals surface area contributed by atoms with E-state index in [1.165, 1.54) is 17.0 Å². The first-order chi connectivity index (χ1) is 18.6. The van der Waals surface area contributed by atoms with Crippen LogP contribution in [0.2, 0.25) is 0 Å². The van der Waals surface area contributed by atoms with Crippen LogP contribution in [0.15, 0.2) is 78.9 Å². The number of hydrogen-bond donors (Lipinski definition) is 1. The number of unbranched alkanes of at least 4 members (excludes halogenated alkanes) is 1. The predicted molar refractivity (Wildman–Crippen MR) is 152 cm³/mol. The lowest BCUT2D eigenvalue weighted by Crippen LogP contribution is -2.53. The lowest BCUT2D eigenvalue weighted by Gasteiger charge is -2.33. The molecular weight excluding hydrogens is 517 g/mol. The van der Waals surface area contributed by atoms with Gasteiger partial charge in [-0.25, -0.2) is 12.8 Å². The van der Waals surface area contributed by atoms with Gasteiger partial charge in [-0.1, -0.05) is 73.5 Å². The number of carbonyl (C=O) groups excluding carboxylic acids is 2. The lowest BCUT2D eigenvalue weighted by molar-refractivity contribution is -0.140. The van der Waals surface area contributed by atoms with Crippen molar-refractivity contribution >= 4 is 27.5 Å². The summed E-state index contributed by atoms with van der Waals surface area (Å²) in [4.78, 5) is 28.9. The zero-order chi connectivity index (χ0) is 28.4. The number of amides is 2. The highest BCUT2D eigenvalue weighted by Crippen LogP contribution is 2.21. The number of benzene rings is 3. The Bertz CT molecular complexity index is 1350. The van der Waals surface area contributed by atoms with Crippen LogP contribution >= 0.6 is 0 Å². The quantitative estimate of drug-likeness (QED) is 0.317. The fourth-order valence-electron chi connectivity index (χ4n) is 4.29. The molecule has 208 valence electrons. The second kappa shape index (κ2) is 13.9. The molecule has 0 aliphatic carbocycles. The highest BCUT2D eigenvalue weighted by Gasteiger charge is 2.33. The average Bonchev–Trinajstić information content (AvgIpc) is 2.90. The molecule has 1 atom stereocenters. The molecule has 1 N–H and O–H groups in total. The number of carbonyl (C=O) groups is 2. The van der Waals surface area contributed by atoms with Crippen molar-refractivity contribution in [3.8, 4) is 0 Å². The highest BCUT2D eigenvalue weighted by molar-refractivity contribution is 7.92. The number of sulfonamides is 1. The van der Waals surface area contributed by atoms with Crippen LogP contribution in [-0.4, -0.2) is 50.5 Å². The Morgan fingerprint density at radius 3 is 2.23 bits per heavy atom. The van der Waals surface area contributed by atoms with E-state index in [4.69, 9.17) is 0 Å². The third-order valence-electron chi connectivity index (χ3n) is 6.33. The second-order valence-electron chi connectivity index (χ2n) is 9.61. The molecule has 3 aromatic rings. The third-order valence-corrected chi connectivity index (χ3v) is 7.47. The van der Waals surface area contributed by atoms with Gasteiger partial charge in [-0.15, -0.1) is 0 Å². The maximum Gasteiger partial charge on any atom is 0.244 e. The van der Waals surface area contributed by atoms with E-state index in [9.17, 15) is 22.4 Å². The molecule has 3 aromatic carbocycles. The van der Waals surface area contributed by atoms with E-state index in [1.807, 2.05) is 68.4 Å². The van der Waals surface area contributed by atoms with Crippen molar-refractivity contribution in [2.24, 2.45) is 0 Å². The summed E-state index contributed by atoms with van der Waals surface area (Å²) < 4.78 is 39.9. The maximum atomic E-state index is 14.0. The summed E-state index contributed by atoms with van der Waals surface area (Å²) in [6.07, 6.45) is 2.94. The smallest absolute Gasteiger partial charge is 0.244 e. The number of anilines is 1. The zero-order valence-corrected chi connectivity index (χ0v) is 23.5. The van der Waals surface area contributed by atoms with Crippen molar-refractivity contribution in [2.75, 3.05) is 23.7 Å². The highest BCUT2D eigenvalue weighted by atomic mass is 32.2. The monoisotopic (exact) mass is 553 g/mol. The van der Waals surface area contributed by atoms with Gasteiger partial charge in [0, 0.05) is 19.5 Å². The van der Waals surface area contributed by atoms with Crippen molar-refractivity contribution in [3.63, 3.8) is 0 Å². The van der Waals surface area contributed by atoms with Crippen molar-refractivity contribution in [2.45, 2.75) is 45.7 Å². The maximum absolute atomic E-state index is 14.0. The summed E-state index contributed by atoms with van der Waals surface area (Å²) >= 11 is 0. The van der Waals surface area contributed by atoms with E-state index < -0.39 is 34.3 Å². The van der Waals surface area contributed by atoms with Gasteiger partial charge in [0.25, 0.3) is 0 Å². The standard InChI is InChI=1S/C30H36FN3O4S/c1-4-5-18-32-30(36)28(20-24-11-7-6-8-12-24)33(21-25-13-9-10-23(2)19-25)29(35)22-34(39(3,37)38)27-16-14-26(31)15-17-27/h6-17,19,28H,4-5,18,20-22H2,1-3H3,(H,32,36). The molecule has 0 bridgehead atoms. The van der Waals surface area contributed by atoms with E-state index in [1.54, 1.807) is 0 Å². The first-order valence-corrected chi connectivity index (χ1v) is 14.8. The second-order valence-corrected chi connectivity index (χ2v) is 11.5. The summed E-state index contributed by atoms with van der Waals surface area (Å²) in [5, 5.41) is 2.95. The molecule has 0 saturated carbocycles. The number of halogens is 1. The van der Waals surface area contributed by atoms with Crippen molar-refractivity contribution < 1.29 is 22.4 Å². The van der Waals surface area contributed by atoms with Crippen molar-refractivity contribution in [3.05, 3.63) is 101 Å². The molecule has 0 fully saturated rings. The van der Waals surface area contributed by atoms with Gasteiger partial charge in [-0.05, 0) is 48.7 Å². The Morgan fingerprint density at radius 2 is 1.62 bits per heavy atom. The Kier molecular flexibility index (Phi) is 10.6. The third kappa shape index (κ3) is 8.92. The predicted octanol–water partition coefficient (Wildman–Crippen LogP) is 4.46. The Labute approximate surface area is 230 Å². The molecule has 39 heavy (non-hydrogen) atoms. The number of hydrogen-bond acceptors (Lipinski definition) is 4. The minimum atomic E-state index is -3.90. The Morgan fingerprint density at radius 1 is 0.949 bits per heavy atom. The molecule has 0 aliphatic heterocycles. The zero-order valence-electron chi connectivity index (χ0n) is 22.6. The van der Waals surface area contributed by atoms with Gasteiger partial charge in [0.2, 0.25) is 21.8 Å². The molecule has 7 nitrogen and oxygen atoms in total. The summed E-state index contributed by atoms with van der Waals surface area (Å²) in [6, 6.07) is 21.0. The topological polar surface area (TPSA) is 86.8 Å². The summed E-state index contributed by atoms with van der Waals surface area (Å²) in [6.45, 7) is 4.01. The van der Waals surface area contributed by atoms with E-state index >= 15 is 0 Å². The van der Waals surface area contributed by atoms with Gasteiger partial charge in [0.15, 0.2) is 0 Å². The van der Waals surface area contributed by atoms with Crippen LogP contribution in [0.5, 0.6) is 0 Å². The van der Waals surface area contributed by atoms with Gasteiger partial charge in [0.1, 0.15) is 18.4 Å². The van der Waals surface area contributed by atoms with Crippen LogP contribution in [-0.2, 0) is 32.6 Å². The van der Waals surface area contributed by atoms with Gasteiger partial charge in [-0.3, -0.25) is 13.9 Å². The Balaban J connectivity index is 2.02. The minimum absolute atomic E-state index is 0.111. The first kappa shape index (κ1) is 29.8. The molecule has 0 heterocycles. The van der Waals surface area contributed by atoms with Crippen LogP contribution in [0, 0.1) is 12.7 Å². The van der Waals surface area contributed by atoms with E-state index in [0.717, 1.165) is 52.2 Å². The normalized spacial score (nSPS) is 12.0. The summed E-state index contributed by atoms with van der Waals surface area (Å²) in [7, 11) is -3.90. The molecular formula is C30H36FN3O4S. The molecule has 9 heteroatoms. The molecule has 0 saturated heterocycles. The largest absolute Gasteiger partial charge is 0.354 e. The first-order valence-electron chi connectivity index (χ1n) is 13.0. The molecule has 0 spiro atoms. The molecule has 3 rings (SSSR count). The van der Waals surface area contributed by atoms with Gasteiger partial charge < -0.3 is 10.2 Å². The molecule has 0 radical (unpaired) electrons. The van der Waals surface area contributed by atoms with Crippen LogP contribution in [0.1, 0.15) is 36.5 Å². The summed E-state index contributed by atoms with van der Waals surface area (Å²) in [5.74, 6) is -1.37. The molecule has 2 amide bonds. The van der Waals surface area contributed by atoms with Crippen LogP contribution in [0.25, 0.3) is 0 Å². The van der Waals surface area contributed by atoms with Crippen molar-refractivity contribution in [1.82, 2.24) is 10.2 Å². The number of rotatable bonds is 13. The lowest BCUT2D eigenvalue weighted by atomic mass is 10.0. The van der Waals surface area contributed by atoms with E-state index in [0.29, 0.717) is 6.54 Å². The summed E-state index contributed by atoms with van der Waals surface area (Å²) in [5.41, 5.74) is 2.84. The van der Waals surface area contributed by atoms with E-state index in [-0.39, 0.29) is 24.6 Å². The van der Waals surface area contributed by atoms with Gasteiger partial charge in [0.05, 0.1) is 11.9 Å². The number of nitrogens with zero attached hydrogens (tertiary/aromatic N) is 2. The minimum Gasteiger partial charge on any atom is -0.354 e. The van der Waals surface area contributed by atoms with Gasteiger partial charge >= 0.3 is 0 Å². The van der Waals surface area contributed by atoms with Crippen LogP contribution in [0.3, 0.4) is 0 Å². The van der Waals surface area contributed by atoms with E-state index in [2.05, 4.69) is 5.32 Å².